The van der Waals surface area contributed by atoms with E-state index in [1.54, 1.807) is 4.52 Å². The van der Waals surface area contributed by atoms with Gasteiger partial charge in [-0.05, 0) is 30.9 Å². The number of aromatic nitrogens is 3. The number of fused-ring (bicyclic) bond motifs is 2. The second kappa shape index (κ2) is 5.91. The molecular formula is C20H24N4O5. The molecule has 5 heterocycles. The zero-order chi connectivity index (χ0) is 20.6. The number of pyridine rings is 1. The molecule has 2 bridgehead atoms. The summed E-state index contributed by atoms with van der Waals surface area (Å²) in [4.78, 5) is 31.3. The summed E-state index contributed by atoms with van der Waals surface area (Å²) < 4.78 is 12.5. The fourth-order valence-electron chi connectivity index (χ4n) is 5.23. The molecule has 4 atom stereocenters. The third kappa shape index (κ3) is 2.30. The number of carbonyl (C=O) groups excluding carboxylic acids is 1. The number of esters is 1. The Labute approximate surface area is 167 Å². The van der Waals surface area contributed by atoms with Gasteiger partial charge < -0.3 is 19.5 Å². The number of rotatable bonds is 4. The summed E-state index contributed by atoms with van der Waals surface area (Å²) in [6, 6.07) is 2.10. The van der Waals surface area contributed by atoms with Crippen LogP contribution in [-0.2, 0) is 24.7 Å². The van der Waals surface area contributed by atoms with Gasteiger partial charge in [0.25, 0.3) is 0 Å². The molecule has 2 aromatic rings. The first kappa shape index (κ1) is 18.4. The molecule has 2 aromatic heterocycles. The van der Waals surface area contributed by atoms with Crippen molar-refractivity contribution in [2.24, 2.45) is 17.3 Å². The highest BCUT2D eigenvalue weighted by atomic mass is 16.5. The number of hydrogen-bond donors (Lipinski definition) is 1. The quantitative estimate of drug-likeness (QED) is 0.767. The SMILES string of the molecule is COC(=O)C1C2(C(=O)O)COC1(c1nc3c(C)cc(N4CCC(C)C4)cn3n1)C2. The van der Waals surface area contributed by atoms with Gasteiger partial charge in [0.1, 0.15) is 16.9 Å². The predicted octanol–water partition coefficient (Wildman–Crippen LogP) is 1.37. The first-order chi connectivity index (χ1) is 13.8. The Morgan fingerprint density at radius 3 is 2.86 bits per heavy atom. The van der Waals surface area contributed by atoms with Crippen LogP contribution in [0.2, 0.25) is 0 Å². The van der Waals surface area contributed by atoms with Crippen molar-refractivity contribution in [3.05, 3.63) is 23.7 Å². The molecule has 9 heteroatoms. The van der Waals surface area contributed by atoms with Crippen molar-refractivity contribution in [3.63, 3.8) is 0 Å². The number of ether oxygens (including phenoxy) is 2. The number of aliphatic carboxylic acids is 1. The van der Waals surface area contributed by atoms with Gasteiger partial charge in [0.2, 0.25) is 0 Å². The summed E-state index contributed by atoms with van der Waals surface area (Å²) >= 11 is 0. The number of methoxy groups -OCH3 is 1. The summed E-state index contributed by atoms with van der Waals surface area (Å²) in [5.41, 5.74) is 0.313. The van der Waals surface area contributed by atoms with Crippen LogP contribution in [0.3, 0.4) is 0 Å². The molecule has 4 unspecified atom stereocenters. The number of carboxylic acids is 1. The largest absolute Gasteiger partial charge is 0.481 e. The van der Waals surface area contributed by atoms with Crippen LogP contribution in [0.15, 0.2) is 12.3 Å². The molecule has 0 amide bonds. The molecule has 1 aliphatic carbocycles. The van der Waals surface area contributed by atoms with Crippen molar-refractivity contribution < 1.29 is 24.2 Å². The minimum atomic E-state index is -1.27. The number of nitrogens with zero attached hydrogens (tertiary/aromatic N) is 4. The highest BCUT2D eigenvalue weighted by Gasteiger charge is 2.79. The molecule has 0 spiro atoms. The Morgan fingerprint density at radius 1 is 1.41 bits per heavy atom. The number of hydrogen-bond acceptors (Lipinski definition) is 7. The second-order valence-electron chi connectivity index (χ2n) is 8.70. The van der Waals surface area contributed by atoms with E-state index >= 15 is 0 Å². The fraction of sp³-hybridized carbons (Fsp3) is 0.600. The highest BCUT2D eigenvalue weighted by Crippen LogP contribution is 2.67. The number of carbonyl (C=O) groups is 2. The number of aryl methyl sites for hydroxylation is 1. The molecule has 4 fully saturated rings. The van der Waals surface area contributed by atoms with Crippen molar-refractivity contribution in [2.45, 2.75) is 32.3 Å². The van der Waals surface area contributed by atoms with E-state index in [9.17, 15) is 14.7 Å². The summed E-state index contributed by atoms with van der Waals surface area (Å²) in [6.45, 7) is 6.18. The second-order valence-corrected chi connectivity index (χ2v) is 8.70. The maximum absolute atomic E-state index is 12.4. The van der Waals surface area contributed by atoms with Crippen molar-refractivity contribution in [2.75, 3.05) is 31.7 Å². The molecule has 1 N–H and O–H groups in total. The van der Waals surface area contributed by atoms with E-state index in [1.165, 1.54) is 7.11 Å². The Kier molecular flexibility index (Phi) is 3.74. The minimum Gasteiger partial charge on any atom is -0.481 e. The van der Waals surface area contributed by atoms with Gasteiger partial charge in [-0.2, -0.15) is 0 Å². The topological polar surface area (TPSA) is 106 Å². The average molecular weight is 400 g/mol. The maximum Gasteiger partial charge on any atom is 0.313 e. The Bertz CT molecular complexity index is 1040. The summed E-state index contributed by atoms with van der Waals surface area (Å²) in [5, 5.41) is 14.3. The average Bonchev–Trinajstić information content (AvgIpc) is 3.41. The lowest BCUT2D eigenvalue weighted by atomic mass is 9.53. The molecule has 6 rings (SSSR count). The van der Waals surface area contributed by atoms with E-state index in [2.05, 4.69) is 28.0 Å². The molecular weight excluding hydrogens is 376 g/mol. The molecule has 1 saturated carbocycles. The van der Waals surface area contributed by atoms with Gasteiger partial charge in [0.15, 0.2) is 11.5 Å². The zero-order valence-electron chi connectivity index (χ0n) is 16.7. The van der Waals surface area contributed by atoms with E-state index in [0.717, 1.165) is 30.8 Å². The molecule has 154 valence electrons. The van der Waals surface area contributed by atoms with Gasteiger partial charge in [-0.1, -0.05) is 6.92 Å². The van der Waals surface area contributed by atoms with Crippen LogP contribution in [0.1, 0.15) is 31.2 Å². The van der Waals surface area contributed by atoms with E-state index in [0.29, 0.717) is 17.4 Å². The van der Waals surface area contributed by atoms with Gasteiger partial charge in [0, 0.05) is 19.5 Å². The van der Waals surface area contributed by atoms with Gasteiger partial charge in [-0.25, -0.2) is 9.50 Å². The van der Waals surface area contributed by atoms with E-state index in [-0.39, 0.29) is 13.0 Å². The highest BCUT2D eigenvalue weighted by molar-refractivity contribution is 5.89. The fourth-order valence-corrected chi connectivity index (χ4v) is 5.23. The molecule has 29 heavy (non-hydrogen) atoms. The van der Waals surface area contributed by atoms with E-state index in [1.807, 2.05) is 13.1 Å². The van der Waals surface area contributed by atoms with Crippen LogP contribution in [0.5, 0.6) is 0 Å². The molecule has 9 nitrogen and oxygen atoms in total. The lowest BCUT2D eigenvalue weighted by Crippen LogP contribution is -2.60. The monoisotopic (exact) mass is 400 g/mol. The van der Waals surface area contributed by atoms with E-state index < -0.39 is 28.9 Å². The Balaban J connectivity index is 1.56. The standard InChI is InChI=1S/C20H24N4O5/c1-11-4-5-23(7-11)13-6-12(2)15-21-17(22-24(15)8-13)20-9-19(10-29-20,18(26)27)14(20)16(25)28-3/h6,8,11,14H,4-5,7,9-10H2,1-3H3,(H,26,27). The van der Waals surface area contributed by atoms with Crippen molar-refractivity contribution >= 4 is 23.3 Å². The van der Waals surface area contributed by atoms with Gasteiger partial charge in [0.05, 0.1) is 25.6 Å². The summed E-state index contributed by atoms with van der Waals surface area (Å²) in [5.74, 6) is -1.60. The van der Waals surface area contributed by atoms with Crippen molar-refractivity contribution in [3.8, 4) is 0 Å². The van der Waals surface area contributed by atoms with Gasteiger partial charge in [-0.15, -0.1) is 5.10 Å². The molecule has 4 aliphatic rings. The maximum atomic E-state index is 12.4. The lowest BCUT2D eigenvalue weighted by Gasteiger charge is -2.46. The molecule has 0 radical (unpaired) electrons. The third-order valence-electron chi connectivity index (χ3n) is 6.82. The minimum absolute atomic E-state index is 0.0481. The van der Waals surface area contributed by atoms with Gasteiger partial charge in [-0.3, -0.25) is 9.59 Å². The van der Waals surface area contributed by atoms with Crippen LogP contribution in [-0.4, -0.2) is 58.4 Å². The van der Waals surface area contributed by atoms with Crippen LogP contribution < -0.4 is 4.90 Å². The third-order valence-corrected chi connectivity index (χ3v) is 6.82. The summed E-state index contributed by atoms with van der Waals surface area (Å²) in [6.07, 6.45) is 3.27. The first-order valence-corrected chi connectivity index (χ1v) is 9.88. The van der Waals surface area contributed by atoms with Crippen LogP contribution in [0.25, 0.3) is 5.65 Å². The first-order valence-electron chi connectivity index (χ1n) is 9.88. The summed E-state index contributed by atoms with van der Waals surface area (Å²) in [7, 11) is 1.26. The van der Waals surface area contributed by atoms with Crippen molar-refractivity contribution in [1.29, 1.82) is 0 Å². The van der Waals surface area contributed by atoms with Crippen molar-refractivity contribution in [1.82, 2.24) is 14.6 Å². The van der Waals surface area contributed by atoms with Crippen LogP contribution in [0, 0.1) is 24.2 Å². The predicted molar refractivity (Wildman–Crippen MR) is 102 cm³/mol. The molecule has 3 saturated heterocycles. The Hall–Kier alpha value is -2.68. The molecule has 0 aromatic carbocycles. The number of anilines is 1. The van der Waals surface area contributed by atoms with E-state index in [4.69, 9.17) is 9.47 Å². The lowest BCUT2D eigenvalue weighted by molar-refractivity contribution is -0.185. The number of carboxylic acid groups (broad SMARTS) is 1. The van der Waals surface area contributed by atoms with Crippen LogP contribution >= 0.6 is 0 Å². The Morgan fingerprint density at radius 2 is 2.21 bits per heavy atom. The zero-order valence-corrected chi connectivity index (χ0v) is 16.7. The van der Waals surface area contributed by atoms with Crippen LogP contribution in [0.4, 0.5) is 5.69 Å². The molecule has 3 aliphatic heterocycles. The van der Waals surface area contributed by atoms with Gasteiger partial charge >= 0.3 is 11.9 Å². The normalized spacial score (nSPS) is 33.1. The smallest absolute Gasteiger partial charge is 0.313 e.